The molecule has 0 aromatic heterocycles. The zero-order chi connectivity index (χ0) is 18.0. The van der Waals surface area contributed by atoms with E-state index in [4.69, 9.17) is 0 Å². The van der Waals surface area contributed by atoms with Crippen molar-refractivity contribution in [3.05, 3.63) is 60.2 Å². The molecule has 0 aliphatic rings. The fourth-order valence-corrected chi connectivity index (χ4v) is 3.62. The molecule has 128 valence electrons. The van der Waals surface area contributed by atoms with Crippen molar-refractivity contribution in [2.24, 2.45) is 0 Å². The van der Waals surface area contributed by atoms with Gasteiger partial charge in [-0.3, -0.25) is 4.79 Å². The van der Waals surface area contributed by atoms with E-state index in [9.17, 15) is 13.2 Å². The van der Waals surface area contributed by atoms with Gasteiger partial charge in [0.15, 0.2) is 0 Å². The van der Waals surface area contributed by atoms with Crippen LogP contribution >= 0.6 is 0 Å². The topological polar surface area (TPSA) is 66.5 Å². The van der Waals surface area contributed by atoms with Crippen molar-refractivity contribution < 1.29 is 13.2 Å². The first-order chi connectivity index (χ1) is 11.1. The van der Waals surface area contributed by atoms with E-state index in [1.165, 1.54) is 29.2 Å². The van der Waals surface area contributed by atoms with E-state index in [0.29, 0.717) is 5.56 Å². The van der Waals surface area contributed by atoms with Gasteiger partial charge in [-0.05, 0) is 57.2 Å². The van der Waals surface area contributed by atoms with Crippen LogP contribution in [0.5, 0.6) is 0 Å². The van der Waals surface area contributed by atoms with Crippen molar-refractivity contribution in [1.29, 1.82) is 0 Å². The maximum atomic E-state index is 12.5. The average molecular weight is 346 g/mol. The summed E-state index contributed by atoms with van der Waals surface area (Å²) in [4.78, 5) is 14.2. The Morgan fingerprint density at radius 1 is 0.958 bits per heavy atom. The van der Waals surface area contributed by atoms with E-state index in [2.05, 4.69) is 4.72 Å². The van der Waals surface area contributed by atoms with Gasteiger partial charge < -0.3 is 4.90 Å². The third-order valence-electron chi connectivity index (χ3n) is 3.30. The number of carbonyl (C=O) groups excluding carboxylic acids is 1. The smallest absolute Gasteiger partial charge is 0.258 e. The fourth-order valence-electron chi connectivity index (χ4n) is 2.20. The molecule has 0 radical (unpaired) electrons. The number of carbonyl (C=O) groups is 1. The number of rotatable bonds is 4. The minimum absolute atomic E-state index is 0.135. The Labute approximate surface area is 143 Å². The summed E-state index contributed by atoms with van der Waals surface area (Å²) in [6.07, 6.45) is 0. The van der Waals surface area contributed by atoms with Crippen LogP contribution in [0.3, 0.4) is 0 Å². The normalized spacial score (nSPS) is 12.0. The van der Waals surface area contributed by atoms with Gasteiger partial charge in [0, 0.05) is 23.8 Å². The van der Waals surface area contributed by atoms with Crippen molar-refractivity contribution in [2.75, 3.05) is 11.9 Å². The van der Waals surface area contributed by atoms with Crippen molar-refractivity contribution in [2.45, 2.75) is 31.2 Å². The summed E-state index contributed by atoms with van der Waals surface area (Å²) in [7, 11) is -1.92. The molecule has 0 saturated heterocycles. The van der Waals surface area contributed by atoms with Gasteiger partial charge in [0.1, 0.15) is 0 Å². The van der Waals surface area contributed by atoms with Crippen LogP contribution in [0.1, 0.15) is 31.1 Å². The predicted molar refractivity (Wildman–Crippen MR) is 95.7 cm³/mol. The summed E-state index contributed by atoms with van der Waals surface area (Å²) in [5.74, 6) is -0.200. The molecule has 5 nitrogen and oxygen atoms in total. The Morgan fingerprint density at radius 2 is 1.50 bits per heavy atom. The Bertz CT molecular complexity index is 808. The maximum absolute atomic E-state index is 12.5. The number of hydrogen-bond donors (Lipinski definition) is 1. The molecule has 0 heterocycles. The van der Waals surface area contributed by atoms with E-state index < -0.39 is 15.6 Å². The van der Waals surface area contributed by atoms with Gasteiger partial charge in [-0.2, -0.15) is 0 Å². The molecule has 2 aromatic rings. The van der Waals surface area contributed by atoms with Gasteiger partial charge in [-0.1, -0.05) is 18.2 Å². The molecule has 24 heavy (non-hydrogen) atoms. The molecule has 0 saturated carbocycles. The minimum atomic E-state index is -3.61. The Balaban J connectivity index is 2.22. The Kier molecular flexibility index (Phi) is 5.11. The summed E-state index contributed by atoms with van der Waals surface area (Å²) < 4.78 is 27.1. The van der Waals surface area contributed by atoms with Gasteiger partial charge in [0.05, 0.1) is 4.90 Å². The first-order valence-corrected chi connectivity index (χ1v) is 9.06. The first-order valence-electron chi connectivity index (χ1n) is 7.57. The van der Waals surface area contributed by atoms with Crippen molar-refractivity contribution in [3.8, 4) is 0 Å². The standard InChI is InChI=1S/C18H22N2O3S/c1-18(2,3)19-24(22,23)16-12-10-14(11-13-16)17(21)20(4)15-8-6-5-7-9-15/h5-13,19H,1-4H3. The van der Waals surface area contributed by atoms with E-state index >= 15 is 0 Å². The van der Waals surface area contributed by atoms with Crippen molar-refractivity contribution >= 4 is 21.6 Å². The van der Waals surface area contributed by atoms with Crippen LogP contribution in [0, 0.1) is 0 Å². The number of para-hydroxylation sites is 1. The molecule has 0 aliphatic carbocycles. The summed E-state index contributed by atoms with van der Waals surface area (Å²) in [6, 6.07) is 15.2. The molecule has 2 rings (SSSR count). The predicted octanol–water partition coefficient (Wildman–Crippen LogP) is 3.04. The molecule has 1 N–H and O–H groups in total. The van der Waals surface area contributed by atoms with Gasteiger partial charge in [-0.15, -0.1) is 0 Å². The lowest BCUT2D eigenvalue weighted by Crippen LogP contribution is -2.40. The highest BCUT2D eigenvalue weighted by molar-refractivity contribution is 7.89. The molecule has 0 aliphatic heterocycles. The Hall–Kier alpha value is -2.18. The SMILES string of the molecule is CN(C(=O)c1ccc(S(=O)(=O)NC(C)(C)C)cc1)c1ccccc1. The van der Waals surface area contributed by atoms with Crippen molar-refractivity contribution in [1.82, 2.24) is 4.72 Å². The molecular formula is C18H22N2O3S. The molecule has 0 spiro atoms. The van der Waals surface area contributed by atoms with Crippen LogP contribution in [0.25, 0.3) is 0 Å². The molecule has 6 heteroatoms. The summed E-state index contributed by atoms with van der Waals surface area (Å²) in [5, 5.41) is 0. The quantitative estimate of drug-likeness (QED) is 0.925. The maximum Gasteiger partial charge on any atom is 0.258 e. The van der Waals surface area contributed by atoms with Crippen LogP contribution in [0.2, 0.25) is 0 Å². The summed E-state index contributed by atoms with van der Waals surface area (Å²) >= 11 is 0. The lowest BCUT2D eigenvalue weighted by atomic mass is 10.1. The Morgan fingerprint density at radius 3 is 2.00 bits per heavy atom. The number of nitrogens with one attached hydrogen (secondary N) is 1. The van der Waals surface area contributed by atoms with Crippen LogP contribution in [0.4, 0.5) is 5.69 Å². The van der Waals surface area contributed by atoms with Gasteiger partial charge in [0.2, 0.25) is 10.0 Å². The zero-order valence-corrected chi connectivity index (χ0v) is 15.1. The lowest BCUT2D eigenvalue weighted by Gasteiger charge is -2.20. The second-order valence-electron chi connectivity index (χ2n) is 6.58. The van der Waals surface area contributed by atoms with E-state index in [0.717, 1.165) is 5.69 Å². The third kappa shape index (κ3) is 4.43. The van der Waals surface area contributed by atoms with Crippen LogP contribution < -0.4 is 9.62 Å². The van der Waals surface area contributed by atoms with Crippen molar-refractivity contribution in [3.63, 3.8) is 0 Å². The van der Waals surface area contributed by atoms with Gasteiger partial charge in [0.25, 0.3) is 5.91 Å². The largest absolute Gasteiger partial charge is 0.311 e. The second-order valence-corrected chi connectivity index (χ2v) is 8.26. The van der Waals surface area contributed by atoms with E-state index in [1.54, 1.807) is 27.8 Å². The fraction of sp³-hybridized carbons (Fsp3) is 0.278. The molecule has 0 fully saturated rings. The number of amides is 1. The molecule has 2 aromatic carbocycles. The van der Waals surface area contributed by atoms with Crippen LogP contribution in [0.15, 0.2) is 59.5 Å². The summed E-state index contributed by atoms with van der Waals surface area (Å²) in [5.41, 5.74) is 0.630. The number of benzene rings is 2. The second kappa shape index (κ2) is 6.75. The molecular weight excluding hydrogens is 324 g/mol. The van der Waals surface area contributed by atoms with Crippen LogP contribution in [-0.2, 0) is 10.0 Å². The summed E-state index contributed by atoms with van der Waals surface area (Å²) in [6.45, 7) is 5.33. The average Bonchev–Trinajstić information content (AvgIpc) is 2.52. The highest BCUT2D eigenvalue weighted by Crippen LogP contribution is 2.17. The minimum Gasteiger partial charge on any atom is -0.311 e. The van der Waals surface area contributed by atoms with Gasteiger partial charge in [-0.25, -0.2) is 13.1 Å². The highest BCUT2D eigenvalue weighted by atomic mass is 32.2. The van der Waals surface area contributed by atoms with E-state index in [-0.39, 0.29) is 10.8 Å². The molecule has 0 bridgehead atoms. The van der Waals surface area contributed by atoms with E-state index in [1.807, 2.05) is 30.3 Å². The number of anilines is 1. The molecule has 0 atom stereocenters. The number of sulfonamides is 1. The lowest BCUT2D eigenvalue weighted by molar-refractivity contribution is 0.0993. The van der Waals surface area contributed by atoms with Gasteiger partial charge >= 0.3 is 0 Å². The third-order valence-corrected chi connectivity index (χ3v) is 5.07. The van der Waals surface area contributed by atoms with Crippen LogP contribution in [-0.4, -0.2) is 26.9 Å². The molecule has 0 unspecified atom stereocenters. The monoisotopic (exact) mass is 346 g/mol. The molecule has 1 amide bonds. The first kappa shape index (κ1) is 18.2. The number of nitrogens with zero attached hydrogens (tertiary/aromatic N) is 1. The number of hydrogen-bond acceptors (Lipinski definition) is 3. The zero-order valence-electron chi connectivity index (χ0n) is 14.3. The highest BCUT2D eigenvalue weighted by Gasteiger charge is 2.22.